The molecule has 0 aromatic heterocycles. The maximum absolute atomic E-state index is 5.01. The van der Waals surface area contributed by atoms with Crippen LogP contribution in [0.25, 0.3) is 0 Å². The molecule has 29 heavy (non-hydrogen) atoms. The minimum Gasteiger partial charge on any atom is -0.247 e. The summed E-state index contributed by atoms with van der Waals surface area (Å²) < 4.78 is 0.363. The second-order valence-electron chi connectivity index (χ2n) is 7.04. The number of nitrogens with zero attached hydrogens (tertiary/aromatic N) is 1. The summed E-state index contributed by atoms with van der Waals surface area (Å²) in [7, 11) is 0. The van der Waals surface area contributed by atoms with Gasteiger partial charge < -0.3 is 0 Å². The van der Waals surface area contributed by atoms with E-state index in [4.69, 9.17) is 4.99 Å². The summed E-state index contributed by atoms with van der Waals surface area (Å²) in [5, 5.41) is 1.21. The number of benzene rings is 3. The highest BCUT2D eigenvalue weighted by molar-refractivity contribution is 8.17. The summed E-state index contributed by atoms with van der Waals surface area (Å²) >= 11 is 5.75. The Kier molecular flexibility index (Phi) is 9.26. The van der Waals surface area contributed by atoms with E-state index in [-0.39, 0.29) is 0 Å². The summed E-state index contributed by atoms with van der Waals surface area (Å²) in [5.74, 6) is 1.73. The minimum absolute atomic E-state index is 0.363. The van der Waals surface area contributed by atoms with E-state index in [0.29, 0.717) is 10.5 Å². The molecule has 0 amide bonds. The van der Waals surface area contributed by atoms with Crippen LogP contribution in [0.4, 0.5) is 5.69 Å². The van der Waals surface area contributed by atoms with Crippen molar-refractivity contribution in [1.29, 1.82) is 0 Å². The molecular weight excluding hydrogens is 410 g/mol. The molecule has 0 saturated carbocycles. The van der Waals surface area contributed by atoms with Crippen LogP contribution in [-0.4, -0.2) is 15.4 Å². The third-order valence-corrected chi connectivity index (χ3v) is 7.91. The molecule has 3 aromatic carbocycles. The molecule has 0 heterocycles. The van der Waals surface area contributed by atoms with Crippen LogP contribution < -0.4 is 0 Å². The summed E-state index contributed by atoms with van der Waals surface area (Å²) in [6.45, 7) is 4.53. The van der Waals surface area contributed by atoms with Gasteiger partial charge in [0.15, 0.2) is 0 Å². The fourth-order valence-corrected chi connectivity index (χ4v) is 6.37. The molecule has 0 aliphatic rings. The van der Waals surface area contributed by atoms with Crippen LogP contribution in [0.5, 0.6) is 0 Å². The average Bonchev–Trinajstić information content (AvgIpc) is 2.74. The molecule has 0 fully saturated rings. The zero-order valence-electron chi connectivity index (χ0n) is 16.9. The lowest BCUT2D eigenvalue weighted by atomic mass is 10.3. The Morgan fingerprint density at radius 1 is 0.724 bits per heavy atom. The first-order chi connectivity index (χ1) is 14.2. The van der Waals surface area contributed by atoms with Crippen LogP contribution in [-0.2, 0) is 0 Å². The van der Waals surface area contributed by atoms with Crippen molar-refractivity contribution in [3.8, 4) is 0 Å². The molecule has 0 radical (unpaired) electrons. The highest BCUT2D eigenvalue weighted by Crippen LogP contribution is 2.39. The van der Waals surface area contributed by atoms with Gasteiger partial charge in [-0.3, -0.25) is 0 Å². The Labute approximate surface area is 187 Å². The predicted molar refractivity (Wildman–Crippen MR) is 134 cm³/mol. The lowest BCUT2D eigenvalue weighted by molar-refractivity contribution is 0.752. The molecule has 0 aliphatic carbocycles. The van der Waals surface area contributed by atoms with E-state index < -0.39 is 0 Å². The van der Waals surface area contributed by atoms with Gasteiger partial charge in [-0.2, -0.15) is 0 Å². The first-order valence-corrected chi connectivity index (χ1v) is 12.6. The normalized spacial score (nSPS) is 11.9. The molecule has 0 N–H and O–H groups in total. The van der Waals surface area contributed by atoms with Gasteiger partial charge in [-0.1, -0.05) is 68.4 Å². The fraction of sp³-hybridized carbons (Fsp3) is 0.240. The van der Waals surface area contributed by atoms with E-state index in [1.54, 1.807) is 0 Å². The number of hydrogen-bond donors (Lipinski definition) is 0. The third kappa shape index (κ3) is 8.33. The summed E-state index contributed by atoms with van der Waals surface area (Å²) in [5.41, 5.74) is 1.03. The third-order valence-electron chi connectivity index (χ3n) is 3.96. The largest absolute Gasteiger partial charge is 0.247 e. The Balaban J connectivity index is 1.81. The van der Waals surface area contributed by atoms with Gasteiger partial charge in [-0.25, -0.2) is 4.99 Å². The van der Waals surface area contributed by atoms with E-state index >= 15 is 0 Å². The molecule has 0 aliphatic heterocycles. The van der Waals surface area contributed by atoms with Crippen LogP contribution in [0, 0.1) is 5.92 Å². The molecule has 4 heteroatoms. The molecule has 0 saturated heterocycles. The molecule has 1 nitrogen and oxygen atoms in total. The van der Waals surface area contributed by atoms with Gasteiger partial charge in [0.1, 0.15) is 0 Å². The van der Waals surface area contributed by atoms with E-state index in [9.17, 15) is 0 Å². The lowest BCUT2D eigenvalue weighted by Gasteiger charge is -2.18. The SMILES string of the molecule is CC(C)CSC(CC(Sc1ccccc1)Sc1ccccc1)=Nc1ccccc1. The van der Waals surface area contributed by atoms with Gasteiger partial charge in [0, 0.05) is 22.0 Å². The Bertz CT molecular complexity index is 823. The zero-order valence-corrected chi connectivity index (χ0v) is 19.4. The Morgan fingerprint density at radius 2 is 1.21 bits per heavy atom. The second kappa shape index (κ2) is 12.2. The lowest BCUT2D eigenvalue weighted by Crippen LogP contribution is -2.07. The van der Waals surface area contributed by atoms with Gasteiger partial charge >= 0.3 is 0 Å². The van der Waals surface area contributed by atoms with E-state index in [1.807, 2.05) is 41.4 Å². The molecular formula is C25H27NS3. The maximum atomic E-state index is 5.01. The van der Waals surface area contributed by atoms with Crippen LogP contribution >= 0.6 is 35.3 Å². The highest BCUT2D eigenvalue weighted by atomic mass is 32.2. The smallest absolute Gasteiger partial charge is 0.0758 e. The molecule has 0 atom stereocenters. The van der Waals surface area contributed by atoms with Gasteiger partial charge in [-0.05, 0) is 42.3 Å². The van der Waals surface area contributed by atoms with Crippen LogP contribution in [0.1, 0.15) is 20.3 Å². The van der Waals surface area contributed by atoms with Crippen molar-refractivity contribution in [3.63, 3.8) is 0 Å². The first kappa shape index (κ1) is 22.1. The summed E-state index contributed by atoms with van der Waals surface area (Å²) in [6, 6.07) is 31.7. The summed E-state index contributed by atoms with van der Waals surface area (Å²) in [6.07, 6.45) is 0.936. The topological polar surface area (TPSA) is 12.4 Å². The minimum atomic E-state index is 0.363. The van der Waals surface area contributed by atoms with Crippen molar-refractivity contribution in [2.24, 2.45) is 10.9 Å². The molecule has 0 bridgehead atoms. The number of thioether (sulfide) groups is 3. The molecule has 3 rings (SSSR count). The van der Waals surface area contributed by atoms with Crippen molar-refractivity contribution < 1.29 is 0 Å². The van der Waals surface area contributed by atoms with Crippen molar-refractivity contribution in [3.05, 3.63) is 91.0 Å². The first-order valence-electron chi connectivity index (χ1n) is 9.88. The number of hydrogen-bond acceptors (Lipinski definition) is 4. The number of aliphatic imine (C=N–C) groups is 1. The Morgan fingerprint density at radius 3 is 1.69 bits per heavy atom. The maximum Gasteiger partial charge on any atom is 0.0758 e. The highest BCUT2D eigenvalue weighted by Gasteiger charge is 2.17. The van der Waals surface area contributed by atoms with E-state index in [1.165, 1.54) is 14.8 Å². The standard InChI is InChI=1S/C25H27NS3/c1-20(2)19-27-24(26-21-12-6-3-7-13-21)18-25(28-22-14-8-4-9-15-22)29-23-16-10-5-11-17-23/h3-17,20,25H,18-19H2,1-2H3. The van der Waals surface area contributed by atoms with Crippen molar-refractivity contribution in [1.82, 2.24) is 0 Å². The fourth-order valence-electron chi connectivity index (χ4n) is 2.60. The summed E-state index contributed by atoms with van der Waals surface area (Å²) in [4.78, 5) is 7.61. The van der Waals surface area contributed by atoms with Crippen molar-refractivity contribution >= 4 is 46.0 Å². The van der Waals surface area contributed by atoms with Gasteiger partial charge in [0.2, 0.25) is 0 Å². The van der Waals surface area contributed by atoms with Crippen molar-refractivity contribution in [2.75, 3.05) is 5.75 Å². The van der Waals surface area contributed by atoms with Crippen LogP contribution in [0.3, 0.4) is 0 Å². The second-order valence-corrected chi connectivity index (χ2v) is 11.0. The molecule has 0 spiro atoms. The van der Waals surface area contributed by atoms with E-state index in [0.717, 1.165) is 17.9 Å². The van der Waals surface area contributed by atoms with Gasteiger partial charge in [0.25, 0.3) is 0 Å². The molecule has 0 unspecified atom stereocenters. The average molecular weight is 438 g/mol. The number of rotatable bonds is 9. The monoisotopic (exact) mass is 437 g/mol. The van der Waals surface area contributed by atoms with E-state index in [2.05, 4.69) is 98.8 Å². The quantitative estimate of drug-likeness (QED) is 0.144. The van der Waals surface area contributed by atoms with Crippen molar-refractivity contribution in [2.45, 2.75) is 34.6 Å². The number of para-hydroxylation sites is 1. The van der Waals surface area contributed by atoms with Gasteiger partial charge in [-0.15, -0.1) is 35.3 Å². The van der Waals surface area contributed by atoms with Gasteiger partial charge in [0.05, 0.1) is 15.3 Å². The van der Waals surface area contributed by atoms with Crippen LogP contribution in [0.2, 0.25) is 0 Å². The zero-order chi connectivity index (χ0) is 20.3. The molecule has 150 valence electrons. The Hall–Kier alpha value is -1.62. The molecule has 3 aromatic rings. The predicted octanol–water partition coefficient (Wildman–Crippen LogP) is 8.41. The van der Waals surface area contributed by atoms with Crippen LogP contribution in [0.15, 0.2) is 106 Å².